The van der Waals surface area contributed by atoms with E-state index in [0.717, 1.165) is 15.0 Å². The number of para-hydroxylation sites is 4. The summed E-state index contributed by atoms with van der Waals surface area (Å²) in [6.07, 6.45) is 4.57. The second-order valence-electron chi connectivity index (χ2n) is 8.89. The van der Waals surface area contributed by atoms with Crippen LogP contribution >= 0.6 is 0 Å². The van der Waals surface area contributed by atoms with Crippen molar-refractivity contribution in [3.8, 4) is 23.0 Å². The number of phenols is 4. The van der Waals surface area contributed by atoms with E-state index in [9.17, 15) is 39.6 Å². The maximum atomic E-state index is 10.2. The topological polar surface area (TPSA) is 241 Å². The van der Waals surface area contributed by atoms with Gasteiger partial charge in [0.1, 0.15) is 23.0 Å². The van der Waals surface area contributed by atoms with E-state index >= 15 is 0 Å². The number of carbonyl (C=O) groups is 4. The second-order valence-corrected chi connectivity index (χ2v) is 11.5. The number of hydrogen-bond donors (Lipinski definition) is 4. The molecule has 1 aliphatic heterocycles. The van der Waals surface area contributed by atoms with Crippen molar-refractivity contribution in [2.45, 2.75) is 29.9 Å². The minimum Gasteiger partial charge on any atom is -0.545 e. The van der Waals surface area contributed by atoms with Gasteiger partial charge in [-0.05, 0) is 48.5 Å². The molecule has 15 heteroatoms. The van der Waals surface area contributed by atoms with Gasteiger partial charge in [0.05, 0.1) is 23.9 Å². The van der Waals surface area contributed by atoms with Crippen molar-refractivity contribution < 1.29 is 99.0 Å². The van der Waals surface area contributed by atoms with Crippen molar-refractivity contribution in [1.29, 1.82) is 0 Å². The minimum absolute atomic E-state index is 0. The van der Waals surface area contributed by atoms with Crippen LogP contribution in [0.15, 0.2) is 97.1 Å². The van der Waals surface area contributed by atoms with E-state index in [1.54, 1.807) is 34.9 Å². The SMILES string of the molecule is C1CC[Se]CC1.O=C([O-])c1ccccc1O.O=C([O-])c1ccccc1O.O=C([O-])c1ccccc1O.O=C([O-])c1ccccc1O.[Zn+2].[Zn+2]. The van der Waals surface area contributed by atoms with Crippen LogP contribution in [-0.4, -0.2) is 59.3 Å². The summed E-state index contributed by atoms with van der Waals surface area (Å²) in [6.45, 7) is 0. The van der Waals surface area contributed by atoms with Crippen molar-refractivity contribution >= 4 is 38.8 Å². The molecule has 0 aromatic heterocycles. The zero-order valence-corrected chi connectivity index (χ0v) is 33.3. The molecule has 0 atom stereocenters. The van der Waals surface area contributed by atoms with E-state index in [0.29, 0.717) is 0 Å². The average molecular weight is 828 g/mol. The third-order valence-electron chi connectivity index (χ3n) is 5.57. The fourth-order valence-electron chi connectivity index (χ4n) is 3.27. The number of benzene rings is 4. The fourth-order valence-corrected chi connectivity index (χ4v) is 5.41. The molecule has 4 N–H and O–H groups in total. The predicted molar refractivity (Wildman–Crippen MR) is 159 cm³/mol. The molecule has 12 nitrogen and oxygen atoms in total. The Bertz CT molecular complexity index is 1350. The zero-order chi connectivity index (χ0) is 34.5. The molecule has 1 aliphatic rings. The van der Waals surface area contributed by atoms with E-state index in [1.807, 2.05) is 0 Å². The van der Waals surface area contributed by atoms with Gasteiger partial charge < -0.3 is 60.0 Å². The van der Waals surface area contributed by atoms with Gasteiger partial charge in [-0.2, -0.15) is 0 Å². The van der Waals surface area contributed by atoms with Crippen molar-refractivity contribution in [2.24, 2.45) is 0 Å². The molecule has 0 amide bonds. The molecule has 5 rings (SSSR count). The van der Waals surface area contributed by atoms with Crippen LogP contribution in [0.1, 0.15) is 60.7 Å². The van der Waals surface area contributed by atoms with E-state index in [2.05, 4.69) is 0 Å². The van der Waals surface area contributed by atoms with Crippen LogP contribution in [0.25, 0.3) is 0 Å². The monoisotopic (exact) mass is 826 g/mol. The Balaban J connectivity index is 0. The van der Waals surface area contributed by atoms with Gasteiger partial charge in [-0.1, -0.05) is 48.5 Å². The molecule has 0 unspecified atom stereocenters. The van der Waals surface area contributed by atoms with Gasteiger partial charge in [-0.25, -0.2) is 0 Å². The molecule has 1 heterocycles. The zero-order valence-electron chi connectivity index (χ0n) is 25.7. The Morgan fingerprint density at radius 1 is 0.417 bits per heavy atom. The molecular formula is C33H30O12SeZn2. The van der Waals surface area contributed by atoms with Gasteiger partial charge in [0.15, 0.2) is 0 Å². The van der Waals surface area contributed by atoms with Gasteiger partial charge in [-0.15, -0.1) is 0 Å². The molecule has 0 aliphatic carbocycles. The number of carboxylic acid groups (broad SMARTS) is 4. The predicted octanol–water partition coefficient (Wildman–Crippen LogP) is 0.729. The summed E-state index contributed by atoms with van der Waals surface area (Å²) in [5.41, 5.74) is -0.713. The second kappa shape index (κ2) is 25.8. The maximum absolute atomic E-state index is 10.2. The smallest absolute Gasteiger partial charge is 0.545 e. The van der Waals surface area contributed by atoms with Crippen LogP contribution < -0.4 is 20.4 Å². The van der Waals surface area contributed by atoms with Gasteiger partial charge in [-0.3, -0.25) is 0 Å². The Kier molecular flexibility index (Phi) is 24.6. The Morgan fingerprint density at radius 2 is 0.625 bits per heavy atom. The van der Waals surface area contributed by atoms with E-state index in [1.165, 1.54) is 92.1 Å². The largest absolute Gasteiger partial charge is 2.00 e. The van der Waals surface area contributed by atoms with Crippen molar-refractivity contribution in [2.75, 3.05) is 0 Å². The number of hydrogen-bond acceptors (Lipinski definition) is 12. The van der Waals surface area contributed by atoms with Crippen LogP contribution in [0, 0.1) is 0 Å². The Labute approximate surface area is 308 Å². The first-order valence-electron chi connectivity index (χ1n) is 13.4. The normalized spacial score (nSPS) is 10.7. The first-order valence-corrected chi connectivity index (χ1v) is 15.8. The first kappa shape index (κ1) is 45.8. The van der Waals surface area contributed by atoms with Gasteiger partial charge in [0, 0.05) is 22.3 Å². The molecule has 0 spiro atoms. The van der Waals surface area contributed by atoms with Gasteiger partial charge >= 0.3 is 83.8 Å². The molecule has 0 radical (unpaired) electrons. The number of carboxylic acids is 4. The molecule has 4 aromatic carbocycles. The van der Waals surface area contributed by atoms with Crippen LogP contribution in [0.2, 0.25) is 10.6 Å². The maximum Gasteiger partial charge on any atom is 2.00 e. The quantitative estimate of drug-likeness (QED) is 0.208. The molecular weight excluding hydrogens is 798 g/mol. The molecule has 1 saturated heterocycles. The average Bonchev–Trinajstić information content (AvgIpc) is 3.03. The van der Waals surface area contributed by atoms with Gasteiger partial charge in [0.25, 0.3) is 0 Å². The summed E-state index contributed by atoms with van der Waals surface area (Å²) in [5, 5.41) is 79.2. The molecule has 48 heavy (non-hydrogen) atoms. The first-order chi connectivity index (χ1) is 21.9. The number of rotatable bonds is 4. The summed E-state index contributed by atoms with van der Waals surface area (Å²) >= 11 is 1.05. The van der Waals surface area contributed by atoms with Crippen molar-refractivity contribution in [3.05, 3.63) is 119 Å². The van der Waals surface area contributed by atoms with Crippen molar-refractivity contribution in [3.63, 3.8) is 0 Å². The van der Waals surface area contributed by atoms with Crippen LogP contribution in [-0.2, 0) is 39.0 Å². The Morgan fingerprint density at radius 3 is 0.729 bits per heavy atom. The van der Waals surface area contributed by atoms with E-state index < -0.39 is 23.9 Å². The molecule has 1 fully saturated rings. The molecule has 4 aromatic rings. The third kappa shape index (κ3) is 18.2. The Hall–Kier alpha value is -4.27. The molecule has 0 saturated carbocycles. The summed E-state index contributed by atoms with van der Waals surface area (Å²) in [4.78, 5) is 40.6. The number of carbonyl (C=O) groups excluding carboxylic acids is 4. The summed E-state index contributed by atoms with van der Waals surface area (Å²) < 4.78 is 0. The number of aromatic hydroxyl groups is 4. The fraction of sp³-hybridized carbons (Fsp3) is 0.152. The van der Waals surface area contributed by atoms with Crippen LogP contribution in [0.5, 0.6) is 23.0 Å². The van der Waals surface area contributed by atoms with E-state index in [-0.39, 0.29) is 84.2 Å². The molecule has 0 bridgehead atoms. The molecule has 244 valence electrons. The number of aromatic carboxylic acids is 4. The van der Waals surface area contributed by atoms with E-state index in [4.69, 9.17) is 20.4 Å². The van der Waals surface area contributed by atoms with Crippen LogP contribution in [0.4, 0.5) is 0 Å². The third-order valence-corrected chi connectivity index (χ3v) is 8.00. The minimum atomic E-state index is -1.36. The summed E-state index contributed by atoms with van der Waals surface area (Å²) in [7, 11) is 0. The van der Waals surface area contributed by atoms with Crippen molar-refractivity contribution in [1.82, 2.24) is 0 Å². The standard InChI is InChI=1S/4C7H6O3.C5H10Se.2Zn/c4*8-6-4-2-1-3-5(6)7(9)10;1-2-4-6-5-3-1;;/h4*1-4,8H,(H,9,10);1-5H2;;/q;;;;;2*+2/p-4. The van der Waals surface area contributed by atoms with Crippen LogP contribution in [0.3, 0.4) is 0 Å². The van der Waals surface area contributed by atoms with Gasteiger partial charge in [0.2, 0.25) is 0 Å². The summed E-state index contributed by atoms with van der Waals surface area (Å²) in [6, 6.07) is 22.6. The summed E-state index contributed by atoms with van der Waals surface area (Å²) in [5.74, 6) is -6.50.